The van der Waals surface area contributed by atoms with E-state index in [0.29, 0.717) is 89.4 Å². The van der Waals surface area contributed by atoms with Crippen LogP contribution in [-0.2, 0) is 41.2 Å². The second-order valence-corrected chi connectivity index (χ2v) is 20.1. The normalized spacial score (nSPS) is 16.3. The fourth-order valence-electron chi connectivity index (χ4n) is 11.3. The van der Waals surface area contributed by atoms with E-state index in [4.69, 9.17) is 14.5 Å². The van der Waals surface area contributed by atoms with Gasteiger partial charge in [0.05, 0.1) is 51.4 Å². The standard InChI is InChI=1S/C55H62N8O9/c1-6-38-40-25-37(10-11-45(40)56-50-42(38)29-62-47(50)27-44(55(5,70)7-2)43(52(62)67)30-71-31-64)72-54(69)61-22-16-35(17-23-61)59-18-12-33(13-19-59)14-20-60-21-15-34-8-9-36(24-46(34)60)63-51(57-58-53(63)68)41-26-39(32(3)4)48(65)28-49(41)66/h8-11,15,21,24-28,31-33,35,65-66,70H,6-7,12-14,16-20,22-23,29-30H2,1-5H3,(H,58,68). The molecule has 17 heteroatoms. The van der Waals surface area contributed by atoms with Crippen LogP contribution in [0, 0.1) is 5.92 Å². The first-order valence-corrected chi connectivity index (χ1v) is 25.2. The lowest BCUT2D eigenvalue weighted by Gasteiger charge is -2.41. The van der Waals surface area contributed by atoms with Gasteiger partial charge in [0.25, 0.3) is 12.0 Å². The van der Waals surface area contributed by atoms with E-state index >= 15 is 0 Å². The first-order chi connectivity index (χ1) is 34.7. The van der Waals surface area contributed by atoms with Crippen molar-refractivity contribution in [1.29, 1.82) is 0 Å². The monoisotopic (exact) mass is 978 g/mol. The summed E-state index contributed by atoms with van der Waals surface area (Å²) in [4.78, 5) is 48.0. The molecule has 3 aromatic carbocycles. The molecule has 3 aliphatic heterocycles. The lowest BCUT2D eigenvalue weighted by Crippen LogP contribution is -2.49. The van der Waals surface area contributed by atoms with Gasteiger partial charge in [0.15, 0.2) is 5.82 Å². The Kier molecular flexibility index (Phi) is 13.0. The van der Waals surface area contributed by atoms with Crippen molar-refractivity contribution < 1.29 is 39.5 Å². The smallest absolute Gasteiger partial charge is 0.415 e. The zero-order valence-electron chi connectivity index (χ0n) is 41.5. The first kappa shape index (κ1) is 48.4. The van der Waals surface area contributed by atoms with Gasteiger partial charge in [-0.05, 0) is 147 Å². The van der Waals surface area contributed by atoms with E-state index < -0.39 is 5.60 Å². The maximum absolute atomic E-state index is 13.9. The minimum Gasteiger partial charge on any atom is -0.508 e. The van der Waals surface area contributed by atoms with Crippen LogP contribution in [0.15, 0.2) is 71.7 Å². The molecule has 1 atom stereocenters. The summed E-state index contributed by atoms with van der Waals surface area (Å²) in [5.41, 5.74) is 5.55. The maximum atomic E-state index is 13.9. The third kappa shape index (κ3) is 8.82. The number of fused-ring (bicyclic) bond motifs is 5. The maximum Gasteiger partial charge on any atom is 0.415 e. The van der Waals surface area contributed by atoms with Gasteiger partial charge < -0.3 is 48.8 Å². The lowest BCUT2D eigenvalue weighted by atomic mass is 9.89. The Bertz CT molecular complexity index is 3280. The molecular weight excluding hydrogens is 917 g/mol. The van der Waals surface area contributed by atoms with E-state index in [1.807, 2.05) is 58.0 Å². The fourth-order valence-corrected chi connectivity index (χ4v) is 11.3. The molecule has 376 valence electrons. The number of likely N-dealkylation sites (tertiary alicyclic amines) is 2. The van der Waals surface area contributed by atoms with Gasteiger partial charge in [-0.3, -0.25) is 9.59 Å². The van der Waals surface area contributed by atoms with Gasteiger partial charge in [0.1, 0.15) is 23.9 Å². The summed E-state index contributed by atoms with van der Waals surface area (Å²) in [6, 6.07) is 18.4. The molecule has 72 heavy (non-hydrogen) atoms. The van der Waals surface area contributed by atoms with Crippen LogP contribution in [0.4, 0.5) is 4.79 Å². The summed E-state index contributed by atoms with van der Waals surface area (Å²) >= 11 is 0. The van der Waals surface area contributed by atoms with Crippen molar-refractivity contribution in [3.63, 3.8) is 0 Å². The Morgan fingerprint density at radius 1 is 0.917 bits per heavy atom. The summed E-state index contributed by atoms with van der Waals surface area (Å²) in [5.74, 6) is 1.10. The zero-order valence-corrected chi connectivity index (χ0v) is 41.5. The summed E-state index contributed by atoms with van der Waals surface area (Å²) in [6.07, 6.45) is 7.70. The van der Waals surface area contributed by atoms with E-state index in [0.717, 1.165) is 79.2 Å². The van der Waals surface area contributed by atoms with Crippen LogP contribution in [0.1, 0.15) is 107 Å². The number of benzene rings is 3. The van der Waals surface area contributed by atoms with Crippen molar-refractivity contribution >= 4 is 34.4 Å². The Labute approximate surface area is 416 Å². The predicted molar refractivity (Wildman–Crippen MR) is 272 cm³/mol. The van der Waals surface area contributed by atoms with Gasteiger partial charge >= 0.3 is 12.1 Å². The van der Waals surface area contributed by atoms with Crippen LogP contribution >= 0.6 is 0 Å². The third-order valence-electron chi connectivity index (χ3n) is 15.6. The van der Waals surface area contributed by atoms with E-state index in [-0.39, 0.29) is 59.6 Å². The molecule has 0 spiro atoms. The molecule has 0 aliphatic carbocycles. The molecule has 3 aliphatic rings. The molecule has 2 fully saturated rings. The van der Waals surface area contributed by atoms with Crippen molar-refractivity contribution in [2.24, 2.45) is 5.92 Å². The number of phenolic OH excluding ortho intramolecular Hbond substituents is 2. The highest BCUT2D eigenvalue weighted by Gasteiger charge is 2.34. The molecule has 0 radical (unpaired) electrons. The highest BCUT2D eigenvalue weighted by molar-refractivity contribution is 5.90. The number of phenols is 2. The molecule has 0 saturated carbocycles. The van der Waals surface area contributed by atoms with Crippen LogP contribution in [0.5, 0.6) is 23.3 Å². The van der Waals surface area contributed by atoms with Crippen molar-refractivity contribution in [2.45, 2.75) is 117 Å². The van der Waals surface area contributed by atoms with E-state index in [9.17, 15) is 34.8 Å². The molecule has 17 nitrogen and oxygen atoms in total. The number of carbonyl (C=O) groups is 2. The van der Waals surface area contributed by atoms with Gasteiger partial charge in [-0.15, -0.1) is 5.10 Å². The van der Waals surface area contributed by atoms with Gasteiger partial charge in [0, 0.05) is 48.9 Å². The number of hydrogen-bond donors (Lipinski definition) is 4. The summed E-state index contributed by atoms with van der Waals surface area (Å²) in [6.45, 7) is 13.9. The van der Waals surface area contributed by atoms with Crippen molar-refractivity contribution in [1.82, 2.24) is 38.7 Å². The molecule has 1 unspecified atom stereocenters. The van der Waals surface area contributed by atoms with Crippen LogP contribution in [-0.4, -0.2) is 104 Å². The second kappa shape index (κ2) is 19.4. The minimum absolute atomic E-state index is 0.00323. The summed E-state index contributed by atoms with van der Waals surface area (Å²) < 4.78 is 16.4. The lowest BCUT2D eigenvalue weighted by molar-refractivity contribution is -0.129. The Morgan fingerprint density at radius 2 is 1.69 bits per heavy atom. The van der Waals surface area contributed by atoms with Gasteiger partial charge in [0.2, 0.25) is 0 Å². The molecule has 0 bridgehead atoms. The minimum atomic E-state index is -1.32. The molecule has 4 aromatic heterocycles. The van der Waals surface area contributed by atoms with E-state index in [1.54, 1.807) is 34.6 Å². The number of ether oxygens (including phenoxy) is 2. The number of hydrogen-bond acceptors (Lipinski definition) is 13. The van der Waals surface area contributed by atoms with Crippen LogP contribution < -0.4 is 10.3 Å². The highest BCUT2D eigenvalue weighted by Crippen LogP contribution is 2.41. The second-order valence-electron chi connectivity index (χ2n) is 20.1. The summed E-state index contributed by atoms with van der Waals surface area (Å²) in [5, 5.41) is 53.5. The van der Waals surface area contributed by atoms with E-state index in [1.165, 1.54) is 10.6 Å². The van der Waals surface area contributed by atoms with Crippen molar-refractivity contribution in [2.75, 3.05) is 26.2 Å². The molecule has 7 aromatic rings. The number of aliphatic hydroxyl groups is 1. The molecule has 2 saturated heterocycles. The number of rotatable bonds is 14. The Balaban J connectivity index is 0.747. The quantitative estimate of drug-likeness (QED) is 0.0755. The third-order valence-corrected chi connectivity index (χ3v) is 15.6. The number of aromatic nitrogens is 6. The number of piperidine rings is 2. The first-order valence-electron chi connectivity index (χ1n) is 25.2. The molecule has 10 rings (SSSR count). The van der Waals surface area contributed by atoms with Crippen molar-refractivity contribution in [3.05, 3.63) is 105 Å². The molecule has 1 amide bonds. The summed E-state index contributed by atoms with van der Waals surface area (Å²) in [7, 11) is 0. The average molecular weight is 979 g/mol. The van der Waals surface area contributed by atoms with Crippen molar-refractivity contribution in [3.8, 4) is 51.7 Å². The Morgan fingerprint density at radius 3 is 2.42 bits per heavy atom. The van der Waals surface area contributed by atoms with E-state index in [2.05, 4.69) is 31.9 Å². The highest BCUT2D eigenvalue weighted by atomic mass is 16.6. The molecular formula is C55H62N8O9. The number of pyridine rings is 2. The predicted octanol–water partition coefficient (Wildman–Crippen LogP) is 8.49. The van der Waals surface area contributed by atoms with Gasteiger partial charge in [-0.2, -0.15) is 0 Å². The zero-order chi connectivity index (χ0) is 50.6. The molecule has 4 N–H and O–H groups in total. The van der Waals surface area contributed by atoms with Crippen LogP contribution in [0.2, 0.25) is 0 Å². The number of aryl methyl sites for hydroxylation is 2. The SMILES string of the molecule is CCc1c2c(nc3ccc(OC(=O)N4CCC(N5CCC(CCn6ccc7ccc(-n8c(O)nnc8-c8cc(C(C)C)c(O)cc8O)cc76)CC5)CC4)cc13)-c1cc(C(C)(O)CC)c(COC=O)c(=O)n1C2. The Hall–Kier alpha value is -7.24. The largest absolute Gasteiger partial charge is 0.508 e. The average Bonchev–Trinajstić information content (AvgIpc) is 4.09. The number of aromatic hydroxyl groups is 3. The fraction of sp³-hybridized carbons (Fsp3) is 0.418. The topological polar surface area (TPSA) is 211 Å². The van der Waals surface area contributed by atoms with Crippen LogP contribution in [0.3, 0.4) is 0 Å². The number of amides is 1. The molecule has 7 heterocycles. The van der Waals surface area contributed by atoms with Gasteiger partial charge in [-0.25, -0.2) is 14.3 Å². The van der Waals surface area contributed by atoms with Gasteiger partial charge in [-0.1, -0.05) is 38.9 Å². The number of nitrogens with zero attached hydrogens (tertiary/aromatic N) is 8. The van der Waals surface area contributed by atoms with Crippen LogP contribution in [0.25, 0.3) is 50.3 Å². The number of carbonyl (C=O) groups excluding carboxylic acids is 2.